The zero-order chi connectivity index (χ0) is 13.8. The monoisotopic (exact) mass is 260 g/mol. The van der Waals surface area contributed by atoms with Gasteiger partial charge in [0.15, 0.2) is 0 Å². The van der Waals surface area contributed by atoms with E-state index in [1.165, 1.54) is 36.4 Å². The summed E-state index contributed by atoms with van der Waals surface area (Å²) >= 11 is 0. The maximum atomic E-state index is 11.6. The highest BCUT2D eigenvalue weighted by Gasteiger charge is 2.05. The van der Waals surface area contributed by atoms with E-state index in [0.29, 0.717) is 5.69 Å². The Balaban J connectivity index is 2.03. The lowest BCUT2D eigenvalue weighted by Gasteiger charge is -2.08. The van der Waals surface area contributed by atoms with Gasteiger partial charge in [0.1, 0.15) is 17.2 Å². The van der Waals surface area contributed by atoms with Crippen LogP contribution in [-0.4, -0.2) is 21.4 Å². The molecule has 19 heavy (non-hydrogen) atoms. The molecule has 0 saturated heterocycles. The maximum Gasteiger partial charge on any atom is 0.323 e. The van der Waals surface area contributed by atoms with Gasteiger partial charge in [0.05, 0.1) is 0 Å². The lowest BCUT2D eigenvalue weighted by molar-refractivity contribution is 0.262. The molecule has 0 aliphatic rings. The third-order valence-corrected chi connectivity index (χ3v) is 2.29. The second kappa shape index (κ2) is 5.18. The molecule has 0 radical (unpaired) electrons. The van der Waals surface area contributed by atoms with E-state index in [2.05, 4.69) is 10.6 Å². The molecule has 2 rings (SSSR count). The summed E-state index contributed by atoms with van der Waals surface area (Å²) in [6, 6.07) is 9.18. The largest absolute Gasteiger partial charge is 0.508 e. The van der Waals surface area contributed by atoms with E-state index in [4.69, 9.17) is 5.11 Å². The minimum atomic E-state index is -0.532. The van der Waals surface area contributed by atoms with Gasteiger partial charge < -0.3 is 26.0 Å². The Bertz CT molecular complexity index is 576. The van der Waals surface area contributed by atoms with Crippen molar-refractivity contribution in [1.29, 1.82) is 0 Å². The predicted octanol–water partition coefficient (Wildman–Crippen LogP) is 2.45. The molecule has 0 aromatic heterocycles. The van der Waals surface area contributed by atoms with Gasteiger partial charge in [-0.2, -0.15) is 0 Å². The Morgan fingerprint density at radius 2 is 1.26 bits per heavy atom. The lowest BCUT2D eigenvalue weighted by atomic mass is 10.3. The molecule has 0 aliphatic carbocycles. The molecule has 0 spiro atoms. The van der Waals surface area contributed by atoms with Crippen LogP contribution in [0.15, 0.2) is 42.5 Å². The van der Waals surface area contributed by atoms with Crippen LogP contribution in [0.4, 0.5) is 16.2 Å². The molecule has 0 aliphatic heterocycles. The van der Waals surface area contributed by atoms with E-state index in [1.807, 2.05) is 0 Å². The molecule has 5 N–H and O–H groups in total. The zero-order valence-corrected chi connectivity index (χ0v) is 9.79. The molecule has 0 unspecified atom stereocenters. The number of phenols is 3. The number of aromatic hydroxyl groups is 3. The quantitative estimate of drug-likeness (QED) is 0.535. The SMILES string of the molecule is O=C(Nc1ccc(O)cc1)Nc1cc(O)cc(O)c1. The third-order valence-electron chi connectivity index (χ3n) is 2.29. The van der Waals surface area contributed by atoms with Gasteiger partial charge in [-0.1, -0.05) is 0 Å². The summed E-state index contributed by atoms with van der Waals surface area (Å²) < 4.78 is 0. The molecule has 2 aromatic carbocycles. The number of carbonyl (C=O) groups excluding carboxylic acids is 1. The molecule has 0 heterocycles. The van der Waals surface area contributed by atoms with E-state index in [-0.39, 0.29) is 22.9 Å². The maximum absolute atomic E-state index is 11.6. The molecular weight excluding hydrogens is 248 g/mol. The van der Waals surface area contributed by atoms with Crippen molar-refractivity contribution in [3.05, 3.63) is 42.5 Å². The van der Waals surface area contributed by atoms with Crippen molar-refractivity contribution in [2.24, 2.45) is 0 Å². The number of rotatable bonds is 2. The van der Waals surface area contributed by atoms with Crippen LogP contribution in [0.2, 0.25) is 0 Å². The first-order chi connectivity index (χ1) is 9.02. The normalized spacial score (nSPS) is 9.89. The number of hydrogen-bond acceptors (Lipinski definition) is 4. The van der Waals surface area contributed by atoms with Gasteiger partial charge in [0.25, 0.3) is 0 Å². The highest BCUT2D eigenvalue weighted by atomic mass is 16.3. The smallest absolute Gasteiger partial charge is 0.323 e. The molecule has 0 atom stereocenters. The first-order valence-corrected chi connectivity index (χ1v) is 5.43. The van der Waals surface area contributed by atoms with Crippen molar-refractivity contribution >= 4 is 17.4 Å². The fourth-order valence-corrected chi connectivity index (χ4v) is 1.51. The summed E-state index contributed by atoms with van der Waals surface area (Å²) in [7, 11) is 0. The van der Waals surface area contributed by atoms with Crippen molar-refractivity contribution in [3.8, 4) is 17.2 Å². The van der Waals surface area contributed by atoms with E-state index >= 15 is 0 Å². The summed E-state index contributed by atoms with van der Waals surface area (Å²) in [4.78, 5) is 11.6. The van der Waals surface area contributed by atoms with Crippen LogP contribution < -0.4 is 10.6 Å². The molecule has 2 aromatic rings. The minimum Gasteiger partial charge on any atom is -0.508 e. The van der Waals surface area contributed by atoms with E-state index in [0.717, 1.165) is 6.07 Å². The Kier molecular flexibility index (Phi) is 3.42. The summed E-state index contributed by atoms with van der Waals surface area (Å²) in [5, 5.41) is 32.6. The standard InChI is InChI=1S/C13H12N2O4/c16-10-3-1-8(2-4-10)14-13(19)15-9-5-11(17)7-12(18)6-9/h1-7,16-18H,(H2,14,15,19). The number of benzene rings is 2. The fourth-order valence-electron chi connectivity index (χ4n) is 1.51. The van der Waals surface area contributed by atoms with Gasteiger partial charge in [-0.15, -0.1) is 0 Å². The van der Waals surface area contributed by atoms with E-state index in [9.17, 15) is 15.0 Å². The Morgan fingerprint density at radius 1 is 0.737 bits per heavy atom. The van der Waals surface area contributed by atoms with Gasteiger partial charge in [-0.05, 0) is 24.3 Å². The van der Waals surface area contributed by atoms with Crippen molar-refractivity contribution in [2.75, 3.05) is 10.6 Å². The fraction of sp³-hybridized carbons (Fsp3) is 0. The van der Waals surface area contributed by atoms with Gasteiger partial charge in [-0.25, -0.2) is 4.79 Å². The molecule has 0 fully saturated rings. The number of anilines is 2. The number of urea groups is 1. The van der Waals surface area contributed by atoms with Crippen LogP contribution in [-0.2, 0) is 0 Å². The molecular formula is C13H12N2O4. The number of phenolic OH excluding ortho intramolecular Hbond substituents is 3. The molecule has 98 valence electrons. The summed E-state index contributed by atoms with van der Waals surface area (Å²) in [6.07, 6.45) is 0. The molecule has 6 nitrogen and oxygen atoms in total. The zero-order valence-electron chi connectivity index (χ0n) is 9.79. The summed E-state index contributed by atoms with van der Waals surface area (Å²) in [5.41, 5.74) is 0.758. The van der Waals surface area contributed by atoms with Crippen LogP contribution in [0.1, 0.15) is 0 Å². The predicted molar refractivity (Wildman–Crippen MR) is 70.5 cm³/mol. The van der Waals surface area contributed by atoms with Crippen LogP contribution in [0, 0.1) is 0 Å². The van der Waals surface area contributed by atoms with Gasteiger partial charge in [-0.3, -0.25) is 0 Å². The number of carbonyl (C=O) groups is 1. The highest BCUT2D eigenvalue weighted by Crippen LogP contribution is 2.24. The number of nitrogens with one attached hydrogen (secondary N) is 2. The Morgan fingerprint density at radius 3 is 1.84 bits per heavy atom. The average molecular weight is 260 g/mol. The second-order valence-electron chi connectivity index (χ2n) is 3.86. The highest BCUT2D eigenvalue weighted by molar-refractivity contribution is 6.00. The van der Waals surface area contributed by atoms with Crippen molar-refractivity contribution < 1.29 is 20.1 Å². The van der Waals surface area contributed by atoms with Crippen molar-refractivity contribution in [3.63, 3.8) is 0 Å². The minimum absolute atomic E-state index is 0.101. The third kappa shape index (κ3) is 3.53. The Labute approximate surface area is 108 Å². The van der Waals surface area contributed by atoms with Gasteiger partial charge in [0.2, 0.25) is 0 Å². The molecule has 0 saturated carbocycles. The number of hydrogen-bond donors (Lipinski definition) is 5. The number of amides is 2. The topological polar surface area (TPSA) is 102 Å². The van der Waals surface area contributed by atoms with E-state index < -0.39 is 6.03 Å². The second-order valence-corrected chi connectivity index (χ2v) is 3.86. The van der Waals surface area contributed by atoms with Crippen LogP contribution >= 0.6 is 0 Å². The average Bonchev–Trinajstić information content (AvgIpc) is 2.30. The lowest BCUT2D eigenvalue weighted by Crippen LogP contribution is -2.19. The summed E-state index contributed by atoms with van der Waals surface area (Å²) in [6.45, 7) is 0. The van der Waals surface area contributed by atoms with Gasteiger partial charge in [0, 0.05) is 29.6 Å². The van der Waals surface area contributed by atoms with Gasteiger partial charge >= 0.3 is 6.03 Å². The molecule has 2 amide bonds. The summed E-state index contributed by atoms with van der Waals surface area (Å²) in [5.74, 6) is -0.205. The van der Waals surface area contributed by atoms with Crippen molar-refractivity contribution in [1.82, 2.24) is 0 Å². The van der Waals surface area contributed by atoms with Crippen LogP contribution in [0.25, 0.3) is 0 Å². The molecule has 0 bridgehead atoms. The van der Waals surface area contributed by atoms with E-state index in [1.54, 1.807) is 0 Å². The first kappa shape index (κ1) is 12.6. The van der Waals surface area contributed by atoms with Crippen LogP contribution in [0.5, 0.6) is 17.2 Å². The first-order valence-electron chi connectivity index (χ1n) is 5.43. The van der Waals surface area contributed by atoms with Crippen LogP contribution in [0.3, 0.4) is 0 Å². The van der Waals surface area contributed by atoms with Crippen molar-refractivity contribution in [2.45, 2.75) is 0 Å². The molecule has 6 heteroatoms. The Hall–Kier alpha value is -2.89.